The summed E-state index contributed by atoms with van der Waals surface area (Å²) in [5.74, 6) is 2.64. The number of amides is 1. The minimum absolute atomic E-state index is 0.183. The lowest BCUT2D eigenvalue weighted by Crippen LogP contribution is -2.38. The maximum absolute atomic E-state index is 12.2. The van der Waals surface area contributed by atoms with Crippen LogP contribution in [-0.2, 0) is 0 Å². The molecule has 4 nitrogen and oxygen atoms in total. The average molecular weight is 300 g/mol. The minimum atomic E-state index is -0.183. The van der Waals surface area contributed by atoms with Gasteiger partial charge in [-0.1, -0.05) is 11.6 Å². The first kappa shape index (κ1) is 14.5. The fourth-order valence-electron chi connectivity index (χ4n) is 1.99. The van der Waals surface area contributed by atoms with Crippen LogP contribution in [0.15, 0.2) is 12.1 Å². The first-order valence-corrected chi connectivity index (χ1v) is 8.03. The van der Waals surface area contributed by atoms with E-state index in [0.29, 0.717) is 16.5 Å². The second kappa shape index (κ2) is 7.01. The normalized spacial score (nSPS) is 18.9. The van der Waals surface area contributed by atoms with E-state index in [2.05, 4.69) is 15.6 Å². The molecule has 1 aliphatic rings. The van der Waals surface area contributed by atoms with Crippen molar-refractivity contribution in [2.45, 2.75) is 25.8 Å². The lowest BCUT2D eigenvalue weighted by Gasteiger charge is -2.22. The molecule has 1 aromatic heterocycles. The predicted molar refractivity (Wildman–Crippen MR) is 81.2 cm³/mol. The van der Waals surface area contributed by atoms with Crippen molar-refractivity contribution in [2.24, 2.45) is 0 Å². The Morgan fingerprint density at radius 1 is 1.58 bits per heavy atom. The second-order valence-corrected chi connectivity index (χ2v) is 6.00. The van der Waals surface area contributed by atoms with Crippen molar-refractivity contribution in [3.05, 3.63) is 22.8 Å². The fourth-order valence-corrected chi connectivity index (χ4v) is 3.25. The van der Waals surface area contributed by atoms with E-state index in [9.17, 15) is 4.79 Å². The van der Waals surface area contributed by atoms with Gasteiger partial charge in [0.15, 0.2) is 0 Å². The maximum atomic E-state index is 12.2. The molecule has 2 rings (SSSR count). The van der Waals surface area contributed by atoms with Crippen LogP contribution in [-0.4, -0.2) is 35.0 Å². The molecule has 1 unspecified atom stereocenters. The van der Waals surface area contributed by atoms with Crippen molar-refractivity contribution in [1.82, 2.24) is 10.3 Å². The van der Waals surface area contributed by atoms with E-state index in [-0.39, 0.29) is 11.9 Å². The lowest BCUT2D eigenvalue weighted by molar-refractivity contribution is 0.0934. The molecule has 0 bridgehead atoms. The molecule has 104 valence electrons. The Kier molecular flexibility index (Phi) is 5.34. The van der Waals surface area contributed by atoms with Gasteiger partial charge in [-0.2, -0.15) is 11.8 Å². The highest BCUT2D eigenvalue weighted by atomic mass is 35.5. The van der Waals surface area contributed by atoms with E-state index in [1.807, 2.05) is 18.7 Å². The summed E-state index contributed by atoms with van der Waals surface area (Å²) < 4.78 is 0. The van der Waals surface area contributed by atoms with E-state index in [0.717, 1.165) is 25.1 Å². The van der Waals surface area contributed by atoms with Crippen LogP contribution in [0.25, 0.3) is 0 Å². The third-order valence-electron chi connectivity index (χ3n) is 2.91. The van der Waals surface area contributed by atoms with Gasteiger partial charge in [0.05, 0.1) is 5.02 Å². The molecule has 1 atom stereocenters. The van der Waals surface area contributed by atoms with Gasteiger partial charge in [0.1, 0.15) is 11.5 Å². The molecule has 1 amide bonds. The number of pyridine rings is 1. The standard InChI is InChI=1S/C13H18ClN3OS/c1-2-15-11-6-5-10(14)12(17-11)13(18)16-9-4-3-7-19-8-9/h5-6,9H,2-4,7-8H2,1H3,(H,15,17)(H,16,18). The summed E-state index contributed by atoms with van der Waals surface area (Å²) in [7, 11) is 0. The summed E-state index contributed by atoms with van der Waals surface area (Å²) in [4.78, 5) is 16.5. The molecule has 1 saturated heterocycles. The summed E-state index contributed by atoms with van der Waals surface area (Å²) in [6, 6.07) is 3.71. The van der Waals surface area contributed by atoms with Crippen LogP contribution in [0.3, 0.4) is 0 Å². The smallest absolute Gasteiger partial charge is 0.271 e. The minimum Gasteiger partial charge on any atom is -0.370 e. The molecule has 0 spiro atoms. The summed E-state index contributed by atoms with van der Waals surface area (Å²) in [6.45, 7) is 2.74. The van der Waals surface area contributed by atoms with Crippen molar-refractivity contribution in [2.75, 3.05) is 23.4 Å². The number of thioether (sulfide) groups is 1. The van der Waals surface area contributed by atoms with Crippen molar-refractivity contribution in [3.63, 3.8) is 0 Å². The zero-order valence-electron chi connectivity index (χ0n) is 10.9. The highest BCUT2D eigenvalue weighted by Crippen LogP contribution is 2.20. The predicted octanol–water partition coefficient (Wildman–Crippen LogP) is 2.79. The van der Waals surface area contributed by atoms with Crippen molar-refractivity contribution in [1.29, 1.82) is 0 Å². The van der Waals surface area contributed by atoms with Gasteiger partial charge >= 0.3 is 0 Å². The first-order chi connectivity index (χ1) is 9.20. The molecular weight excluding hydrogens is 282 g/mol. The first-order valence-electron chi connectivity index (χ1n) is 6.49. The number of nitrogens with one attached hydrogen (secondary N) is 2. The zero-order valence-corrected chi connectivity index (χ0v) is 12.5. The van der Waals surface area contributed by atoms with Gasteiger partial charge in [-0.3, -0.25) is 4.79 Å². The Morgan fingerprint density at radius 3 is 3.11 bits per heavy atom. The number of carbonyl (C=O) groups excluding carboxylic acids is 1. The van der Waals surface area contributed by atoms with E-state index < -0.39 is 0 Å². The van der Waals surface area contributed by atoms with E-state index in [1.54, 1.807) is 12.1 Å². The molecule has 0 aromatic carbocycles. The van der Waals surface area contributed by atoms with Gasteiger partial charge in [0, 0.05) is 18.3 Å². The van der Waals surface area contributed by atoms with Gasteiger partial charge < -0.3 is 10.6 Å². The van der Waals surface area contributed by atoms with Crippen LogP contribution in [0.1, 0.15) is 30.3 Å². The molecule has 1 aliphatic heterocycles. The Hall–Kier alpha value is -0.940. The van der Waals surface area contributed by atoms with Gasteiger partial charge in [0.2, 0.25) is 0 Å². The van der Waals surface area contributed by atoms with Crippen LogP contribution in [0.4, 0.5) is 5.82 Å². The zero-order chi connectivity index (χ0) is 13.7. The number of anilines is 1. The Morgan fingerprint density at radius 2 is 2.42 bits per heavy atom. The maximum Gasteiger partial charge on any atom is 0.271 e. The van der Waals surface area contributed by atoms with Crippen molar-refractivity contribution in [3.8, 4) is 0 Å². The largest absolute Gasteiger partial charge is 0.370 e. The number of halogens is 1. The molecular formula is C13H18ClN3OS. The highest BCUT2D eigenvalue weighted by molar-refractivity contribution is 7.99. The van der Waals surface area contributed by atoms with Gasteiger partial charge in [-0.25, -0.2) is 4.98 Å². The summed E-state index contributed by atoms with van der Waals surface area (Å²) in [5.41, 5.74) is 0.302. The van der Waals surface area contributed by atoms with E-state index >= 15 is 0 Å². The van der Waals surface area contributed by atoms with Gasteiger partial charge in [-0.15, -0.1) is 0 Å². The van der Waals surface area contributed by atoms with Crippen LogP contribution in [0, 0.1) is 0 Å². The number of hydrogen-bond acceptors (Lipinski definition) is 4. The third-order valence-corrected chi connectivity index (χ3v) is 4.43. The van der Waals surface area contributed by atoms with E-state index in [1.165, 1.54) is 5.75 Å². The van der Waals surface area contributed by atoms with Gasteiger partial charge in [0.25, 0.3) is 5.91 Å². The van der Waals surface area contributed by atoms with Crippen molar-refractivity contribution < 1.29 is 4.79 Å². The Bertz CT molecular complexity index is 450. The number of aromatic nitrogens is 1. The number of hydrogen-bond donors (Lipinski definition) is 2. The molecule has 0 aliphatic carbocycles. The molecule has 0 saturated carbocycles. The number of carbonyl (C=O) groups is 1. The van der Waals surface area contributed by atoms with Crippen LogP contribution >= 0.6 is 23.4 Å². The highest BCUT2D eigenvalue weighted by Gasteiger charge is 2.19. The molecule has 1 fully saturated rings. The Balaban J connectivity index is 2.06. The van der Waals surface area contributed by atoms with Crippen LogP contribution in [0.2, 0.25) is 5.02 Å². The van der Waals surface area contributed by atoms with Crippen molar-refractivity contribution >= 4 is 35.1 Å². The van der Waals surface area contributed by atoms with Crippen LogP contribution in [0.5, 0.6) is 0 Å². The monoisotopic (exact) mass is 299 g/mol. The molecule has 19 heavy (non-hydrogen) atoms. The second-order valence-electron chi connectivity index (χ2n) is 4.44. The fraction of sp³-hybridized carbons (Fsp3) is 0.538. The molecule has 6 heteroatoms. The molecule has 0 radical (unpaired) electrons. The summed E-state index contributed by atoms with van der Waals surface area (Å²) >= 11 is 7.93. The average Bonchev–Trinajstić information content (AvgIpc) is 2.42. The summed E-state index contributed by atoms with van der Waals surface area (Å²) in [6.07, 6.45) is 2.18. The topological polar surface area (TPSA) is 54.0 Å². The molecule has 2 N–H and O–H groups in total. The third kappa shape index (κ3) is 4.01. The van der Waals surface area contributed by atoms with E-state index in [4.69, 9.17) is 11.6 Å². The SMILES string of the molecule is CCNc1ccc(Cl)c(C(=O)NC2CCCSC2)n1. The molecule has 1 aromatic rings. The van der Waals surface area contributed by atoms with Gasteiger partial charge in [-0.05, 0) is 37.7 Å². The number of rotatable bonds is 4. The lowest BCUT2D eigenvalue weighted by atomic mass is 10.2. The number of nitrogens with zero attached hydrogens (tertiary/aromatic N) is 1. The summed E-state index contributed by atoms with van der Waals surface area (Å²) in [5, 5.41) is 6.48. The Labute approximate surface area is 122 Å². The molecule has 2 heterocycles. The van der Waals surface area contributed by atoms with Crippen LogP contribution < -0.4 is 10.6 Å². The quantitative estimate of drug-likeness (QED) is 0.897.